The van der Waals surface area contributed by atoms with Gasteiger partial charge in [0.05, 0.1) is 18.5 Å². The minimum atomic E-state index is -1.06. The molecule has 2 aromatic rings. The van der Waals surface area contributed by atoms with E-state index in [1.54, 1.807) is 11.9 Å². The summed E-state index contributed by atoms with van der Waals surface area (Å²) in [6, 6.07) is 8.78. The topological polar surface area (TPSA) is 74.0 Å². The van der Waals surface area contributed by atoms with Gasteiger partial charge in [-0.05, 0) is 17.7 Å². The lowest BCUT2D eigenvalue weighted by atomic mass is 10.1. The van der Waals surface area contributed by atoms with Gasteiger partial charge in [-0.1, -0.05) is 18.2 Å². The second-order valence-electron chi connectivity index (χ2n) is 4.92. The Morgan fingerprint density at radius 3 is 2.86 bits per heavy atom. The Morgan fingerprint density at radius 2 is 2.10 bits per heavy atom. The summed E-state index contributed by atoms with van der Waals surface area (Å²) in [5, 5.41) is 9.12. The van der Waals surface area contributed by atoms with Crippen LogP contribution in [0.25, 0.3) is 0 Å². The summed E-state index contributed by atoms with van der Waals surface area (Å²) in [5.41, 5.74) is 1.88. The van der Waals surface area contributed by atoms with Crippen LogP contribution in [0.2, 0.25) is 0 Å². The van der Waals surface area contributed by atoms with Gasteiger partial charge in [0.15, 0.2) is 0 Å². The standard InChI is InChI=1S/C15H14N2O4/c1-16-8-10-4-2-3-5-12(10)17(15(16)20)9-13-11(14(18)19)6-7-21-13/h2-7H,8-9H2,1H3,(H,18,19). The fraction of sp³-hybridized carbons (Fsp3) is 0.200. The van der Waals surface area contributed by atoms with E-state index in [4.69, 9.17) is 9.52 Å². The molecule has 1 aliphatic heterocycles. The lowest BCUT2D eigenvalue weighted by Crippen LogP contribution is -2.44. The number of carboxylic acids is 1. The number of fused-ring (bicyclic) bond motifs is 1. The Balaban J connectivity index is 1.99. The van der Waals surface area contributed by atoms with Gasteiger partial charge in [0.1, 0.15) is 11.3 Å². The highest BCUT2D eigenvalue weighted by molar-refractivity contribution is 5.95. The second-order valence-corrected chi connectivity index (χ2v) is 4.92. The highest BCUT2D eigenvalue weighted by Crippen LogP contribution is 2.29. The number of carbonyl (C=O) groups excluding carboxylic acids is 1. The number of hydrogen-bond acceptors (Lipinski definition) is 3. The molecule has 21 heavy (non-hydrogen) atoms. The van der Waals surface area contributed by atoms with Crippen LogP contribution in [-0.2, 0) is 13.1 Å². The lowest BCUT2D eigenvalue weighted by molar-refractivity contribution is 0.0694. The molecule has 0 atom stereocenters. The van der Waals surface area contributed by atoms with Crippen molar-refractivity contribution in [2.75, 3.05) is 11.9 Å². The van der Waals surface area contributed by atoms with Crippen molar-refractivity contribution in [2.45, 2.75) is 13.1 Å². The van der Waals surface area contributed by atoms with Crippen LogP contribution in [0.3, 0.4) is 0 Å². The molecule has 0 spiro atoms. The van der Waals surface area contributed by atoms with Gasteiger partial charge >= 0.3 is 12.0 Å². The SMILES string of the molecule is CN1Cc2ccccc2N(Cc2occc2C(=O)O)C1=O. The van der Waals surface area contributed by atoms with Crippen molar-refractivity contribution in [3.05, 3.63) is 53.5 Å². The first-order valence-corrected chi connectivity index (χ1v) is 6.48. The molecule has 1 aliphatic rings. The number of benzene rings is 1. The molecule has 0 saturated carbocycles. The van der Waals surface area contributed by atoms with Crippen LogP contribution in [0.4, 0.5) is 10.5 Å². The number of carbonyl (C=O) groups is 2. The minimum Gasteiger partial charge on any atom is -0.478 e. The molecule has 1 aromatic heterocycles. The summed E-state index contributed by atoms with van der Waals surface area (Å²) in [6.45, 7) is 0.629. The number of furan rings is 1. The van der Waals surface area contributed by atoms with E-state index in [1.807, 2.05) is 24.3 Å². The molecule has 6 nitrogen and oxygen atoms in total. The maximum Gasteiger partial charge on any atom is 0.339 e. The Kier molecular flexibility index (Phi) is 3.13. The number of nitrogens with zero attached hydrogens (tertiary/aromatic N) is 2. The molecule has 108 valence electrons. The third-order valence-corrected chi connectivity index (χ3v) is 3.52. The summed E-state index contributed by atoms with van der Waals surface area (Å²) < 4.78 is 5.23. The Hall–Kier alpha value is -2.76. The molecule has 0 aliphatic carbocycles. The molecule has 0 radical (unpaired) electrons. The largest absolute Gasteiger partial charge is 0.478 e. The molecule has 6 heteroatoms. The normalized spacial score (nSPS) is 14.2. The van der Waals surface area contributed by atoms with Crippen molar-refractivity contribution >= 4 is 17.7 Å². The molecular formula is C15H14N2O4. The summed E-state index contributed by atoms with van der Waals surface area (Å²) in [7, 11) is 1.71. The number of para-hydroxylation sites is 1. The van der Waals surface area contributed by atoms with Crippen LogP contribution in [0, 0.1) is 0 Å². The summed E-state index contributed by atoms with van der Waals surface area (Å²) in [4.78, 5) is 26.6. The predicted molar refractivity (Wildman–Crippen MR) is 75.2 cm³/mol. The van der Waals surface area contributed by atoms with Crippen molar-refractivity contribution in [1.29, 1.82) is 0 Å². The van der Waals surface area contributed by atoms with Crippen LogP contribution in [0.15, 0.2) is 41.0 Å². The Morgan fingerprint density at radius 1 is 1.33 bits per heavy atom. The maximum atomic E-state index is 12.4. The van der Waals surface area contributed by atoms with Gasteiger partial charge < -0.3 is 14.4 Å². The molecule has 1 N–H and O–H groups in total. The molecule has 3 rings (SSSR count). The van der Waals surface area contributed by atoms with Crippen molar-refractivity contribution < 1.29 is 19.1 Å². The molecular weight excluding hydrogens is 272 g/mol. The molecule has 0 fully saturated rings. The number of carboxylic acid groups (broad SMARTS) is 1. The van der Waals surface area contributed by atoms with Gasteiger partial charge in [0, 0.05) is 13.6 Å². The van der Waals surface area contributed by atoms with Crippen molar-refractivity contribution in [1.82, 2.24) is 4.90 Å². The van der Waals surface area contributed by atoms with Crippen molar-refractivity contribution in [3.63, 3.8) is 0 Å². The smallest absolute Gasteiger partial charge is 0.339 e. The summed E-state index contributed by atoms with van der Waals surface area (Å²) in [5.74, 6) is -0.800. The van der Waals surface area contributed by atoms with E-state index in [0.29, 0.717) is 6.54 Å². The van der Waals surface area contributed by atoms with E-state index in [9.17, 15) is 9.59 Å². The maximum absolute atomic E-state index is 12.4. The fourth-order valence-corrected chi connectivity index (χ4v) is 2.49. The second kappa shape index (κ2) is 4.97. The first kappa shape index (κ1) is 13.2. The molecule has 0 bridgehead atoms. The monoisotopic (exact) mass is 286 g/mol. The number of urea groups is 1. The van der Waals surface area contributed by atoms with Gasteiger partial charge in [-0.25, -0.2) is 9.59 Å². The van der Waals surface area contributed by atoms with E-state index in [0.717, 1.165) is 11.3 Å². The van der Waals surface area contributed by atoms with Gasteiger partial charge in [0.2, 0.25) is 0 Å². The van der Waals surface area contributed by atoms with Crippen LogP contribution in [0.5, 0.6) is 0 Å². The Bertz CT molecular complexity index is 707. The predicted octanol–water partition coefficient (Wildman–Crippen LogP) is 2.55. The lowest BCUT2D eigenvalue weighted by Gasteiger charge is -2.34. The fourth-order valence-electron chi connectivity index (χ4n) is 2.49. The molecule has 0 unspecified atom stereocenters. The van der Waals surface area contributed by atoms with Gasteiger partial charge in [-0.3, -0.25) is 4.90 Å². The molecule has 0 saturated heterocycles. The van der Waals surface area contributed by atoms with Crippen molar-refractivity contribution in [3.8, 4) is 0 Å². The number of rotatable bonds is 3. The molecule has 1 aromatic carbocycles. The van der Waals surface area contributed by atoms with E-state index in [2.05, 4.69) is 0 Å². The van der Waals surface area contributed by atoms with Crippen LogP contribution in [0.1, 0.15) is 21.7 Å². The van der Waals surface area contributed by atoms with E-state index in [-0.39, 0.29) is 23.9 Å². The average molecular weight is 286 g/mol. The zero-order valence-electron chi connectivity index (χ0n) is 11.4. The average Bonchev–Trinajstić information content (AvgIpc) is 2.92. The van der Waals surface area contributed by atoms with E-state index in [1.165, 1.54) is 17.2 Å². The first-order valence-electron chi connectivity index (χ1n) is 6.48. The van der Waals surface area contributed by atoms with Crippen LogP contribution >= 0.6 is 0 Å². The number of amides is 2. The quantitative estimate of drug-likeness (QED) is 0.941. The molecule has 2 amide bonds. The summed E-state index contributed by atoms with van der Waals surface area (Å²) >= 11 is 0. The third-order valence-electron chi connectivity index (χ3n) is 3.52. The van der Waals surface area contributed by atoms with E-state index < -0.39 is 5.97 Å². The number of aromatic carboxylic acids is 1. The van der Waals surface area contributed by atoms with Crippen molar-refractivity contribution in [2.24, 2.45) is 0 Å². The number of hydrogen-bond donors (Lipinski definition) is 1. The van der Waals surface area contributed by atoms with Gasteiger partial charge in [-0.15, -0.1) is 0 Å². The first-order chi connectivity index (χ1) is 10.1. The Labute approximate surface area is 121 Å². The summed E-state index contributed by atoms with van der Waals surface area (Å²) in [6.07, 6.45) is 1.32. The number of anilines is 1. The molecule has 2 heterocycles. The minimum absolute atomic E-state index is 0.0773. The highest BCUT2D eigenvalue weighted by Gasteiger charge is 2.29. The van der Waals surface area contributed by atoms with E-state index >= 15 is 0 Å². The third kappa shape index (κ3) is 2.24. The highest BCUT2D eigenvalue weighted by atomic mass is 16.4. The zero-order valence-corrected chi connectivity index (χ0v) is 11.4. The van der Waals surface area contributed by atoms with Gasteiger partial charge in [-0.2, -0.15) is 0 Å². The van der Waals surface area contributed by atoms with Gasteiger partial charge in [0.25, 0.3) is 0 Å². The van der Waals surface area contributed by atoms with Crippen LogP contribution < -0.4 is 4.90 Å². The van der Waals surface area contributed by atoms with Crippen LogP contribution in [-0.4, -0.2) is 29.1 Å². The zero-order chi connectivity index (χ0) is 15.0.